The van der Waals surface area contributed by atoms with Gasteiger partial charge in [-0.15, -0.1) is 0 Å². The van der Waals surface area contributed by atoms with E-state index in [9.17, 15) is 10.1 Å². The zero-order valence-electron chi connectivity index (χ0n) is 14.6. The summed E-state index contributed by atoms with van der Waals surface area (Å²) in [5, 5.41) is 18.6. The van der Waals surface area contributed by atoms with Gasteiger partial charge in [-0.05, 0) is 37.1 Å². The second-order valence-electron chi connectivity index (χ2n) is 6.31. The molecule has 0 radical (unpaired) electrons. The molecule has 3 N–H and O–H groups in total. The maximum atomic E-state index is 10.4. The second-order valence-corrected chi connectivity index (χ2v) is 7.26. The summed E-state index contributed by atoms with van der Waals surface area (Å²) in [6.07, 6.45) is 6.87. The lowest BCUT2D eigenvalue weighted by Crippen LogP contribution is -2.18. The van der Waals surface area contributed by atoms with Crippen molar-refractivity contribution in [1.29, 1.82) is 0 Å². The number of nitro groups is 1. The van der Waals surface area contributed by atoms with E-state index in [4.69, 9.17) is 10.7 Å². The smallest absolute Gasteiger partial charge is 0.274 e. The summed E-state index contributed by atoms with van der Waals surface area (Å²) in [7, 11) is 1.92. The molecule has 1 aromatic heterocycles. The third kappa shape index (κ3) is 4.69. The van der Waals surface area contributed by atoms with Crippen LogP contribution in [0, 0.1) is 10.1 Å². The third-order valence-corrected chi connectivity index (χ3v) is 5.30. The van der Waals surface area contributed by atoms with Gasteiger partial charge in [-0.3, -0.25) is 15.1 Å². The van der Waals surface area contributed by atoms with E-state index in [1.165, 1.54) is 19.3 Å². The first-order valence-corrected chi connectivity index (χ1v) is 9.39. The third-order valence-electron chi connectivity index (χ3n) is 4.24. The number of aryl methyl sites for hydroxylation is 1. The Kier molecular flexibility index (Phi) is 5.67. The highest BCUT2D eigenvalue weighted by Gasteiger charge is 2.13. The summed E-state index contributed by atoms with van der Waals surface area (Å²) in [5.74, 6) is -0.0167. The number of benzene rings is 1. The summed E-state index contributed by atoms with van der Waals surface area (Å²) in [4.78, 5) is 15.6. The first-order chi connectivity index (χ1) is 12.5. The van der Waals surface area contributed by atoms with Crippen molar-refractivity contribution in [2.24, 2.45) is 17.8 Å². The molecule has 1 aliphatic carbocycles. The summed E-state index contributed by atoms with van der Waals surface area (Å²) < 4.78 is 1.83. The first kappa shape index (κ1) is 18.1. The fourth-order valence-electron chi connectivity index (χ4n) is 2.95. The molecular formula is C17H22N6O2S. The highest BCUT2D eigenvalue weighted by Crippen LogP contribution is 2.23. The molecule has 1 saturated carbocycles. The largest absolute Gasteiger partial charge is 0.380 e. The number of anilines is 1. The first-order valence-electron chi connectivity index (χ1n) is 8.57. The van der Waals surface area contributed by atoms with E-state index in [0.717, 1.165) is 34.4 Å². The number of hydrogen-bond acceptors (Lipinski definition) is 7. The molecular weight excluding hydrogens is 352 g/mol. The van der Waals surface area contributed by atoms with Gasteiger partial charge in [0.15, 0.2) is 5.82 Å². The van der Waals surface area contributed by atoms with Gasteiger partial charge in [-0.25, -0.2) is 4.68 Å². The maximum absolute atomic E-state index is 10.4. The number of aromatic nitrogens is 2. The van der Waals surface area contributed by atoms with Gasteiger partial charge in [-0.2, -0.15) is 5.10 Å². The minimum Gasteiger partial charge on any atom is -0.380 e. The van der Waals surface area contributed by atoms with Crippen molar-refractivity contribution in [3.05, 3.63) is 51.2 Å². The molecule has 0 atom stereocenters. The molecule has 3 rings (SSSR count). The van der Waals surface area contributed by atoms with Crippen LogP contribution in [-0.4, -0.2) is 20.7 Å². The summed E-state index contributed by atoms with van der Waals surface area (Å²) in [5.41, 5.74) is 7.20. The monoisotopic (exact) mass is 374 g/mol. The van der Waals surface area contributed by atoms with Gasteiger partial charge in [0.2, 0.25) is 4.80 Å². The molecule has 1 aromatic carbocycles. The molecule has 2 aromatic rings. The molecule has 8 nitrogen and oxygen atoms in total. The molecule has 1 heterocycles. The maximum Gasteiger partial charge on any atom is 0.274 e. The van der Waals surface area contributed by atoms with E-state index in [1.54, 1.807) is 11.3 Å². The Bertz CT molecular complexity index is 862. The highest BCUT2D eigenvalue weighted by atomic mass is 32.1. The predicted octanol–water partition coefficient (Wildman–Crippen LogP) is 2.83. The average molecular weight is 374 g/mol. The van der Waals surface area contributed by atoms with Crippen molar-refractivity contribution in [3.8, 4) is 10.6 Å². The van der Waals surface area contributed by atoms with Crippen LogP contribution in [0.3, 0.4) is 0 Å². The van der Waals surface area contributed by atoms with Crippen molar-refractivity contribution < 1.29 is 4.92 Å². The van der Waals surface area contributed by atoms with Crippen LogP contribution in [-0.2, 0) is 7.05 Å². The molecule has 26 heavy (non-hydrogen) atoms. The van der Waals surface area contributed by atoms with E-state index in [1.807, 2.05) is 36.0 Å². The number of nitrogens with zero attached hydrogens (tertiary/aromatic N) is 4. The minimum atomic E-state index is -0.594. The van der Waals surface area contributed by atoms with Gasteiger partial charge in [0.1, 0.15) is 5.01 Å². The van der Waals surface area contributed by atoms with Gasteiger partial charge in [-0.1, -0.05) is 30.6 Å². The Balaban J connectivity index is 1.76. The van der Waals surface area contributed by atoms with Gasteiger partial charge < -0.3 is 11.1 Å². The number of nitrogens with one attached hydrogen (secondary N) is 1. The lowest BCUT2D eigenvalue weighted by Gasteiger charge is -2.16. The quantitative estimate of drug-likeness (QED) is 0.617. The Labute approximate surface area is 155 Å². The van der Waals surface area contributed by atoms with Crippen molar-refractivity contribution in [2.75, 3.05) is 5.32 Å². The van der Waals surface area contributed by atoms with Crippen LogP contribution in [0.25, 0.3) is 10.6 Å². The van der Waals surface area contributed by atoms with Crippen molar-refractivity contribution >= 4 is 17.0 Å². The zero-order chi connectivity index (χ0) is 18.5. The second kappa shape index (κ2) is 8.13. The van der Waals surface area contributed by atoms with E-state index < -0.39 is 4.92 Å². The fraction of sp³-hybridized carbons (Fsp3) is 0.412. The average Bonchev–Trinajstić information content (AvgIpc) is 2.96. The summed E-state index contributed by atoms with van der Waals surface area (Å²) in [6.45, 7) is 0. The number of rotatable bonds is 5. The van der Waals surface area contributed by atoms with Gasteiger partial charge >= 0.3 is 0 Å². The van der Waals surface area contributed by atoms with Crippen LogP contribution in [0.5, 0.6) is 0 Å². The van der Waals surface area contributed by atoms with E-state index in [2.05, 4.69) is 10.4 Å². The van der Waals surface area contributed by atoms with Gasteiger partial charge in [0.25, 0.3) is 6.20 Å². The Morgan fingerprint density at radius 2 is 2.08 bits per heavy atom. The van der Waals surface area contributed by atoms with Crippen LogP contribution in [0.2, 0.25) is 0 Å². The van der Waals surface area contributed by atoms with Gasteiger partial charge in [0.05, 0.1) is 11.0 Å². The molecule has 0 unspecified atom stereocenters. The molecule has 0 amide bonds. The van der Waals surface area contributed by atoms with E-state index in [-0.39, 0.29) is 5.82 Å². The summed E-state index contributed by atoms with van der Waals surface area (Å²) in [6, 6.07) is 7.85. The minimum absolute atomic E-state index is 0.0167. The molecule has 9 heteroatoms. The molecule has 0 aliphatic heterocycles. The molecule has 138 valence electrons. The SMILES string of the molecule is Cn1nc(-c2ccc(N/C(N)=C/[N+](=O)[O-])cc2)sc1=NC1CCCCC1. The Morgan fingerprint density at radius 3 is 2.73 bits per heavy atom. The predicted molar refractivity (Wildman–Crippen MR) is 102 cm³/mol. The van der Waals surface area contributed by atoms with E-state index in [0.29, 0.717) is 11.7 Å². The van der Waals surface area contributed by atoms with Crippen LogP contribution in [0.15, 0.2) is 41.3 Å². The van der Waals surface area contributed by atoms with Crippen LogP contribution >= 0.6 is 11.3 Å². The molecule has 0 saturated heterocycles. The Morgan fingerprint density at radius 1 is 1.38 bits per heavy atom. The Hall–Kier alpha value is -2.68. The van der Waals surface area contributed by atoms with E-state index >= 15 is 0 Å². The fourth-order valence-corrected chi connectivity index (χ4v) is 3.92. The topological polar surface area (TPSA) is 111 Å². The zero-order valence-corrected chi connectivity index (χ0v) is 15.4. The number of hydrogen-bond donors (Lipinski definition) is 2. The lowest BCUT2D eigenvalue weighted by atomic mass is 9.96. The van der Waals surface area contributed by atoms with Crippen LogP contribution in [0.1, 0.15) is 32.1 Å². The van der Waals surface area contributed by atoms with Crippen LogP contribution in [0.4, 0.5) is 5.69 Å². The molecule has 1 fully saturated rings. The van der Waals surface area contributed by atoms with Crippen molar-refractivity contribution in [3.63, 3.8) is 0 Å². The molecule has 0 spiro atoms. The highest BCUT2D eigenvalue weighted by molar-refractivity contribution is 7.12. The van der Waals surface area contributed by atoms with Gasteiger partial charge in [0, 0.05) is 18.3 Å². The molecule has 0 bridgehead atoms. The normalized spacial score (nSPS) is 16.7. The molecule has 1 aliphatic rings. The van der Waals surface area contributed by atoms with Crippen LogP contribution < -0.4 is 15.9 Å². The summed E-state index contributed by atoms with van der Waals surface area (Å²) >= 11 is 1.57. The standard InChI is InChI=1S/C17H22N6O2S/c1-22-17(20-13-5-3-2-4-6-13)26-16(21-22)12-7-9-14(10-8-12)19-15(18)11-23(24)25/h7-11,13,19H,2-6,18H2,1H3/b15-11+,20-17?. The lowest BCUT2D eigenvalue weighted by molar-refractivity contribution is -0.403. The van der Waals surface area contributed by atoms with Crippen molar-refractivity contribution in [1.82, 2.24) is 9.78 Å². The van der Waals surface area contributed by atoms with Crippen molar-refractivity contribution in [2.45, 2.75) is 38.1 Å². The number of nitrogens with two attached hydrogens (primary N) is 1.